The maximum Gasteiger partial charge on any atom is 0.302 e. The number of fused-ring (bicyclic) bond motifs is 1. The van der Waals surface area contributed by atoms with Gasteiger partial charge in [0.25, 0.3) is 5.91 Å². The first-order valence-electron chi connectivity index (χ1n) is 10.7. The second-order valence-electron chi connectivity index (χ2n) is 7.58. The number of para-hydroxylation sites is 2. The number of amides is 1. The van der Waals surface area contributed by atoms with Crippen LogP contribution < -0.4 is 19.7 Å². The molecule has 1 aliphatic rings. The van der Waals surface area contributed by atoms with Crippen molar-refractivity contribution in [3.8, 4) is 11.5 Å². The average molecular weight is 467 g/mol. The van der Waals surface area contributed by atoms with Crippen LogP contribution in [0.15, 0.2) is 72.8 Å². The molecule has 7 nitrogen and oxygen atoms in total. The molecular formula is C26H27FN2O5. The number of hydrogen-bond donors (Lipinski definition) is 1. The first-order chi connectivity index (χ1) is 16.4. The molecular weight excluding hydrogens is 439 g/mol. The summed E-state index contributed by atoms with van der Waals surface area (Å²) in [6.45, 7) is 2.50. The Morgan fingerprint density at radius 1 is 1.06 bits per heavy atom. The van der Waals surface area contributed by atoms with Gasteiger partial charge in [-0.3, -0.25) is 9.59 Å². The smallest absolute Gasteiger partial charge is 0.302 e. The van der Waals surface area contributed by atoms with Crippen LogP contribution >= 0.6 is 0 Å². The van der Waals surface area contributed by atoms with Crippen LogP contribution in [-0.2, 0) is 9.53 Å². The molecule has 0 bridgehead atoms. The number of esters is 1. The van der Waals surface area contributed by atoms with E-state index in [0.29, 0.717) is 23.6 Å². The highest BCUT2D eigenvalue weighted by atomic mass is 19.1. The third-order valence-corrected chi connectivity index (χ3v) is 4.99. The summed E-state index contributed by atoms with van der Waals surface area (Å²) < 4.78 is 28.9. The van der Waals surface area contributed by atoms with Crippen molar-refractivity contribution < 1.29 is 28.2 Å². The Kier molecular flexibility index (Phi) is 8.45. The Morgan fingerprint density at radius 2 is 1.71 bits per heavy atom. The summed E-state index contributed by atoms with van der Waals surface area (Å²) in [5.41, 5.74) is 2.10. The monoisotopic (exact) mass is 466 g/mol. The van der Waals surface area contributed by atoms with Crippen molar-refractivity contribution in [1.82, 2.24) is 0 Å². The van der Waals surface area contributed by atoms with Crippen LogP contribution in [0.1, 0.15) is 17.3 Å². The van der Waals surface area contributed by atoms with Crippen LogP contribution in [0.2, 0.25) is 0 Å². The number of nitrogens with one attached hydrogen (secondary N) is 1. The van der Waals surface area contributed by atoms with E-state index in [2.05, 4.69) is 15.0 Å². The molecule has 1 atom stereocenters. The van der Waals surface area contributed by atoms with Crippen LogP contribution in [0.5, 0.6) is 11.5 Å². The number of hydrogen-bond acceptors (Lipinski definition) is 6. The number of carbonyl (C=O) groups is 2. The standard InChI is InChI=1S/C23H21FN2O3.C3H6O2/c1-26-14-20(29-22-5-3-2-4-21(22)26)15-28-19-12-6-16(7-13-19)23(27)25-18-10-8-17(24)9-11-18;1-3(4)5-2/h2-13,20H,14-15H2,1H3,(H,25,27);1-2H3/t20-;/m0./s1. The fourth-order valence-electron chi connectivity index (χ4n) is 3.21. The van der Waals surface area contributed by atoms with Gasteiger partial charge in [0, 0.05) is 25.2 Å². The van der Waals surface area contributed by atoms with E-state index in [4.69, 9.17) is 9.47 Å². The second-order valence-corrected chi connectivity index (χ2v) is 7.58. The Balaban J connectivity index is 0.000000588. The third kappa shape index (κ3) is 6.96. The van der Waals surface area contributed by atoms with Gasteiger partial charge < -0.3 is 24.4 Å². The molecule has 0 aliphatic carbocycles. The van der Waals surface area contributed by atoms with E-state index in [1.807, 2.05) is 31.3 Å². The lowest BCUT2D eigenvalue weighted by Crippen LogP contribution is -2.41. The molecule has 34 heavy (non-hydrogen) atoms. The normalized spacial score (nSPS) is 14.0. The zero-order valence-corrected chi connectivity index (χ0v) is 19.3. The van der Waals surface area contributed by atoms with E-state index in [9.17, 15) is 14.0 Å². The fourth-order valence-corrected chi connectivity index (χ4v) is 3.21. The highest BCUT2D eigenvalue weighted by Crippen LogP contribution is 2.32. The molecule has 1 heterocycles. The Labute approximate surface area is 198 Å². The summed E-state index contributed by atoms with van der Waals surface area (Å²) in [5, 5.41) is 2.73. The van der Waals surface area contributed by atoms with Gasteiger partial charge in [0.15, 0.2) is 0 Å². The predicted octanol–water partition coefficient (Wildman–Crippen LogP) is 4.53. The van der Waals surface area contributed by atoms with Gasteiger partial charge in [-0.15, -0.1) is 0 Å². The second kappa shape index (κ2) is 11.7. The van der Waals surface area contributed by atoms with Crippen molar-refractivity contribution in [1.29, 1.82) is 0 Å². The molecule has 8 heteroatoms. The van der Waals surface area contributed by atoms with Crippen molar-refractivity contribution in [3.63, 3.8) is 0 Å². The summed E-state index contributed by atoms with van der Waals surface area (Å²) in [5.74, 6) is 0.652. The molecule has 0 radical (unpaired) electrons. The van der Waals surface area contributed by atoms with Crippen LogP contribution in [0.3, 0.4) is 0 Å². The number of halogens is 1. The third-order valence-electron chi connectivity index (χ3n) is 4.99. The van der Waals surface area contributed by atoms with Crippen molar-refractivity contribution in [2.24, 2.45) is 0 Å². The van der Waals surface area contributed by atoms with Crippen molar-refractivity contribution >= 4 is 23.3 Å². The Morgan fingerprint density at radius 3 is 2.35 bits per heavy atom. The minimum Gasteiger partial charge on any atom is -0.490 e. The molecule has 0 saturated carbocycles. The lowest BCUT2D eigenvalue weighted by molar-refractivity contribution is -0.137. The predicted molar refractivity (Wildman–Crippen MR) is 128 cm³/mol. The van der Waals surface area contributed by atoms with Crippen LogP contribution in [0, 0.1) is 5.82 Å². The highest BCUT2D eigenvalue weighted by Gasteiger charge is 2.23. The quantitative estimate of drug-likeness (QED) is 0.557. The summed E-state index contributed by atoms with van der Waals surface area (Å²) in [6, 6.07) is 20.4. The average Bonchev–Trinajstić information content (AvgIpc) is 2.85. The first-order valence-corrected chi connectivity index (χ1v) is 10.7. The molecule has 1 amide bonds. The van der Waals surface area contributed by atoms with E-state index in [1.54, 1.807) is 24.3 Å². The minimum atomic E-state index is -0.346. The van der Waals surface area contributed by atoms with E-state index in [1.165, 1.54) is 38.3 Å². The van der Waals surface area contributed by atoms with E-state index < -0.39 is 0 Å². The summed E-state index contributed by atoms with van der Waals surface area (Å²) in [6.07, 6.45) is -0.0867. The summed E-state index contributed by atoms with van der Waals surface area (Å²) in [4.78, 5) is 24.0. The number of nitrogens with zero attached hydrogens (tertiary/aromatic N) is 1. The number of ether oxygens (including phenoxy) is 3. The SMILES string of the molecule is CN1C[C@@H](COc2ccc(C(=O)Nc3ccc(F)cc3)cc2)Oc2ccccc21.COC(C)=O. The molecule has 0 aromatic heterocycles. The number of likely N-dealkylation sites (N-methyl/N-ethyl adjacent to an activating group) is 1. The van der Waals surface area contributed by atoms with Gasteiger partial charge in [-0.25, -0.2) is 4.39 Å². The number of anilines is 2. The van der Waals surface area contributed by atoms with E-state index in [0.717, 1.165) is 18.0 Å². The van der Waals surface area contributed by atoms with Gasteiger partial charge in [0.1, 0.15) is 30.0 Å². The van der Waals surface area contributed by atoms with Gasteiger partial charge >= 0.3 is 5.97 Å². The van der Waals surface area contributed by atoms with Crippen molar-refractivity contribution in [2.45, 2.75) is 13.0 Å². The van der Waals surface area contributed by atoms with Gasteiger partial charge in [-0.1, -0.05) is 12.1 Å². The number of carbonyl (C=O) groups excluding carboxylic acids is 2. The largest absolute Gasteiger partial charge is 0.490 e. The fraction of sp³-hybridized carbons (Fsp3) is 0.231. The topological polar surface area (TPSA) is 77.1 Å². The van der Waals surface area contributed by atoms with Gasteiger partial charge in [-0.2, -0.15) is 0 Å². The van der Waals surface area contributed by atoms with Crippen LogP contribution in [-0.4, -0.2) is 45.3 Å². The molecule has 1 N–H and O–H groups in total. The lowest BCUT2D eigenvalue weighted by atomic mass is 10.2. The highest BCUT2D eigenvalue weighted by molar-refractivity contribution is 6.04. The van der Waals surface area contributed by atoms with Crippen molar-refractivity contribution in [3.05, 3.63) is 84.2 Å². The Bertz CT molecular complexity index is 1100. The van der Waals surface area contributed by atoms with Crippen LogP contribution in [0.25, 0.3) is 0 Å². The lowest BCUT2D eigenvalue weighted by Gasteiger charge is -2.33. The summed E-state index contributed by atoms with van der Waals surface area (Å²) in [7, 11) is 3.38. The molecule has 0 unspecified atom stereocenters. The molecule has 1 aliphatic heterocycles. The zero-order valence-electron chi connectivity index (χ0n) is 19.3. The van der Waals surface area contributed by atoms with Gasteiger partial charge in [0.05, 0.1) is 19.3 Å². The molecule has 3 aromatic carbocycles. The van der Waals surface area contributed by atoms with Gasteiger partial charge in [0.2, 0.25) is 0 Å². The molecule has 0 fully saturated rings. The maximum absolute atomic E-state index is 13.0. The number of methoxy groups -OCH3 is 1. The number of rotatable bonds is 5. The molecule has 3 aromatic rings. The van der Waals surface area contributed by atoms with Crippen LogP contribution in [0.4, 0.5) is 15.8 Å². The molecule has 178 valence electrons. The van der Waals surface area contributed by atoms with Crippen molar-refractivity contribution in [2.75, 3.05) is 37.5 Å². The van der Waals surface area contributed by atoms with Gasteiger partial charge in [-0.05, 0) is 60.7 Å². The maximum atomic E-state index is 13.0. The molecule has 0 spiro atoms. The molecule has 0 saturated heterocycles. The molecule has 4 rings (SSSR count). The van der Waals surface area contributed by atoms with E-state index >= 15 is 0 Å². The van der Waals surface area contributed by atoms with E-state index in [-0.39, 0.29) is 23.8 Å². The summed E-state index contributed by atoms with van der Waals surface area (Å²) >= 11 is 0. The first kappa shape index (κ1) is 24.6. The zero-order chi connectivity index (χ0) is 24.5. The minimum absolute atomic E-state index is 0.0867. The number of benzene rings is 3. The Hall–Kier alpha value is -4.07.